The fourth-order valence-corrected chi connectivity index (χ4v) is 4.40. The minimum Gasteiger partial charge on any atom is -0.394 e. The number of rotatable bonds is 6. The molecule has 3 fully saturated rings. The molecule has 2 saturated heterocycles. The second-order valence-electron chi connectivity index (χ2n) is 8.79. The van der Waals surface area contributed by atoms with Crippen molar-refractivity contribution in [2.45, 2.75) is 98.2 Å². The Morgan fingerprint density at radius 2 is 1.18 bits per heavy atom. The lowest BCUT2D eigenvalue weighted by molar-refractivity contribution is -0.332. The van der Waals surface area contributed by atoms with Crippen molar-refractivity contribution in [1.82, 2.24) is 0 Å². The zero-order chi connectivity index (χ0) is 24.6. The Morgan fingerprint density at radius 1 is 0.667 bits per heavy atom. The Morgan fingerprint density at radius 3 is 1.70 bits per heavy atom. The van der Waals surface area contributed by atoms with Gasteiger partial charge in [-0.15, -0.1) is 0 Å². The lowest BCUT2D eigenvalue weighted by Crippen LogP contribution is -2.68. The molecule has 1 aliphatic carbocycles. The Bertz CT molecular complexity index is 584. The molecule has 15 N–H and O–H groups in total. The highest BCUT2D eigenvalue weighted by molar-refractivity contribution is 5.01. The average molecular weight is 485 g/mol. The molecule has 2 aliphatic heterocycles. The van der Waals surface area contributed by atoms with Crippen molar-refractivity contribution in [3.63, 3.8) is 0 Å². The first-order valence-corrected chi connectivity index (χ1v) is 10.8. The molecule has 15 heteroatoms. The van der Waals surface area contributed by atoms with Gasteiger partial charge in [-0.2, -0.15) is 0 Å². The highest BCUT2D eigenvalue weighted by Gasteiger charge is 2.51. The van der Waals surface area contributed by atoms with Crippen molar-refractivity contribution in [1.29, 1.82) is 0 Å². The van der Waals surface area contributed by atoms with E-state index in [0.717, 1.165) is 0 Å². The van der Waals surface area contributed by atoms with Crippen LogP contribution in [0.15, 0.2) is 0 Å². The Kier molecular flexibility index (Phi) is 8.99. The molecular formula is C18H36N4O11. The predicted molar refractivity (Wildman–Crippen MR) is 108 cm³/mol. The maximum absolute atomic E-state index is 10.9. The second kappa shape index (κ2) is 11.0. The van der Waals surface area contributed by atoms with Crippen LogP contribution < -0.4 is 22.9 Å². The SMILES string of the molecule is NC[C@H]1O[C@H](O[C@@H]2[C@@H](O)[C@H](O[C@H]3O[C@H](CO)[C@@H](O)[C@H](N)[C@H]3O)[C@@H](N)C[C@H]2N)[C@H](O)[C@@H](O)[C@@H]1O. The minimum atomic E-state index is -1.66. The van der Waals surface area contributed by atoms with E-state index in [1.165, 1.54) is 0 Å². The van der Waals surface area contributed by atoms with Crippen molar-refractivity contribution >= 4 is 0 Å². The van der Waals surface area contributed by atoms with Crippen LogP contribution in [0.25, 0.3) is 0 Å². The number of hydrogen-bond donors (Lipinski definition) is 11. The molecule has 0 aromatic rings. The van der Waals surface area contributed by atoms with Crippen LogP contribution >= 0.6 is 0 Å². The van der Waals surface area contributed by atoms with Gasteiger partial charge in [0.15, 0.2) is 12.6 Å². The number of aliphatic hydroxyl groups excluding tert-OH is 7. The molecule has 0 unspecified atom stereocenters. The first-order valence-electron chi connectivity index (χ1n) is 10.8. The van der Waals surface area contributed by atoms with Crippen LogP contribution in [0, 0.1) is 0 Å². The van der Waals surface area contributed by atoms with Crippen molar-refractivity contribution in [3.8, 4) is 0 Å². The molecular weight excluding hydrogens is 448 g/mol. The highest BCUT2D eigenvalue weighted by Crippen LogP contribution is 2.31. The predicted octanol–water partition coefficient (Wildman–Crippen LogP) is -7.29. The number of hydrogen-bond acceptors (Lipinski definition) is 15. The zero-order valence-corrected chi connectivity index (χ0v) is 17.9. The van der Waals surface area contributed by atoms with Crippen molar-refractivity contribution in [2.75, 3.05) is 13.2 Å². The lowest BCUT2D eigenvalue weighted by Gasteiger charge is -2.48. The van der Waals surface area contributed by atoms with Crippen molar-refractivity contribution in [3.05, 3.63) is 0 Å². The molecule has 3 rings (SSSR count). The molecule has 0 spiro atoms. The maximum atomic E-state index is 10.9. The summed E-state index contributed by atoms with van der Waals surface area (Å²) in [4.78, 5) is 0. The molecule has 3 aliphatic rings. The van der Waals surface area contributed by atoms with Crippen LogP contribution in [0.3, 0.4) is 0 Å². The third-order valence-electron chi connectivity index (χ3n) is 6.48. The molecule has 0 amide bonds. The summed E-state index contributed by atoms with van der Waals surface area (Å²) in [7, 11) is 0. The normalized spacial score (nSPS) is 53.7. The highest BCUT2D eigenvalue weighted by atomic mass is 16.7. The average Bonchev–Trinajstić information content (AvgIpc) is 2.79. The van der Waals surface area contributed by atoms with Gasteiger partial charge < -0.3 is 77.6 Å². The molecule has 15 atom stereocenters. The monoisotopic (exact) mass is 484 g/mol. The Labute approximate surface area is 189 Å². The van der Waals surface area contributed by atoms with E-state index >= 15 is 0 Å². The molecule has 1 saturated carbocycles. The first kappa shape index (κ1) is 27.0. The summed E-state index contributed by atoms with van der Waals surface area (Å²) in [6, 6.07) is -2.86. The van der Waals surface area contributed by atoms with Gasteiger partial charge in [-0.1, -0.05) is 0 Å². The topological polar surface area (TPSA) is 283 Å². The van der Waals surface area contributed by atoms with E-state index in [1.807, 2.05) is 0 Å². The molecule has 0 aromatic heterocycles. The first-order chi connectivity index (χ1) is 15.5. The van der Waals surface area contributed by atoms with Gasteiger partial charge >= 0.3 is 0 Å². The van der Waals surface area contributed by atoms with Gasteiger partial charge in [-0.05, 0) is 6.42 Å². The third kappa shape index (κ3) is 5.32. The van der Waals surface area contributed by atoms with Gasteiger partial charge in [0.25, 0.3) is 0 Å². The second-order valence-corrected chi connectivity index (χ2v) is 8.79. The molecule has 2 heterocycles. The zero-order valence-electron chi connectivity index (χ0n) is 17.9. The van der Waals surface area contributed by atoms with E-state index in [1.54, 1.807) is 0 Å². The lowest BCUT2D eigenvalue weighted by atomic mass is 9.84. The van der Waals surface area contributed by atoms with Gasteiger partial charge in [-0.25, -0.2) is 0 Å². The summed E-state index contributed by atoms with van der Waals surface area (Å²) in [5, 5.41) is 70.9. The van der Waals surface area contributed by atoms with Crippen LogP contribution in [0.4, 0.5) is 0 Å². The Balaban J connectivity index is 1.72. The smallest absolute Gasteiger partial charge is 0.187 e. The number of nitrogens with two attached hydrogens (primary N) is 4. The molecule has 15 nitrogen and oxygen atoms in total. The fourth-order valence-electron chi connectivity index (χ4n) is 4.40. The van der Waals surface area contributed by atoms with Crippen LogP contribution in [0.2, 0.25) is 0 Å². The standard InChI is InChI=1S/C18H36N4O11/c19-2-6-10(25)12(27)13(28)18(30-6)33-16-5(21)1-4(20)15(14(16)29)32-17-11(26)8(22)9(24)7(3-23)31-17/h4-18,23-29H,1-3,19-22H2/t4-,5+,6+,7+,8-,9+,10+,11+,12-,13+,14-,15+,16-,17+,18+/m0/s1. The van der Waals surface area contributed by atoms with Gasteiger partial charge in [0.2, 0.25) is 0 Å². The maximum Gasteiger partial charge on any atom is 0.187 e. The van der Waals surface area contributed by atoms with Gasteiger partial charge in [0.05, 0.1) is 12.6 Å². The minimum absolute atomic E-state index is 0.0849. The Hall–Kier alpha value is -0.600. The summed E-state index contributed by atoms with van der Waals surface area (Å²) in [6.45, 7) is -0.763. The molecule has 194 valence electrons. The van der Waals surface area contributed by atoms with E-state index in [2.05, 4.69) is 0 Å². The summed E-state index contributed by atoms with van der Waals surface area (Å²) >= 11 is 0. The van der Waals surface area contributed by atoms with Gasteiger partial charge in [-0.3, -0.25) is 0 Å². The van der Waals surface area contributed by atoms with Crippen LogP contribution in [0.5, 0.6) is 0 Å². The number of aliphatic hydroxyl groups is 7. The van der Waals surface area contributed by atoms with Crippen LogP contribution in [-0.2, 0) is 18.9 Å². The quantitative estimate of drug-likeness (QED) is 0.167. The number of ether oxygens (including phenoxy) is 4. The van der Waals surface area contributed by atoms with E-state index in [4.69, 9.17) is 41.9 Å². The van der Waals surface area contributed by atoms with Gasteiger partial charge in [0.1, 0.15) is 61.0 Å². The molecule has 0 bridgehead atoms. The molecule has 0 aromatic carbocycles. The summed E-state index contributed by atoms with van der Waals surface area (Å²) in [5.74, 6) is 0. The molecule has 33 heavy (non-hydrogen) atoms. The van der Waals surface area contributed by atoms with E-state index in [-0.39, 0.29) is 13.0 Å². The van der Waals surface area contributed by atoms with Crippen molar-refractivity contribution in [2.24, 2.45) is 22.9 Å². The fraction of sp³-hybridized carbons (Fsp3) is 1.00. The van der Waals surface area contributed by atoms with Gasteiger partial charge in [0, 0.05) is 18.6 Å². The molecule has 0 radical (unpaired) electrons. The van der Waals surface area contributed by atoms with E-state index in [0.29, 0.717) is 0 Å². The summed E-state index contributed by atoms with van der Waals surface area (Å²) in [5.41, 5.74) is 23.5. The van der Waals surface area contributed by atoms with Crippen LogP contribution in [-0.4, -0.2) is 141 Å². The van der Waals surface area contributed by atoms with E-state index in [9.17, 15) is 35.7 Å². The summed E-state index contributed by atoms with van der Waals surface area (Å²) in [6.07, 6.45) is -16.5. The van der Waals surface area contributed by atoms with Crippen LogP contribution in [0.1, 0.15) is 6.42 Å². The third-order valence-corrected chi connectivity index (χ3v) is 6.48. The van der Waals surface area contributed by atoms with E-state index < -0.39 is 98.4 Å². The largest absolute Gasteiger partial charge is 0.394 e. The summed E-state index contributed by atoms with van der Waals surface area (Å²) < 4.78 is 22.2. The van der Waals surface area contributed by atoms with Crippen molar-refractivity contribution < 1.29 is 54.7 Å².